The van der Waals surface area contributed by atoms with E-state index in [1.54, 1.807) is 18.2 Å². The first-order valence-corrected chi connectivity index (χ1v) is 8.50. The van der Waals surface area contributed by atoms with E-state index < -0.39 is 0 Å². The molecule has 0 unspecified atom stereocenters. The van der Waals surface area contributed by atoms with Crippen LogP contribution in [0.2, 0.25) is 0 Å². The molecular weight excluding hydrogens is 304 g/mol. The molecule has 1 aromatic rings. The molecule has 2 rings (SSSR count). The molecule has 0 aliphatic heterocycles. The van der Waals surface area contributed by atoms with Crippen molar-refractivity contribution >= 4 is 12.0 Å². The van der Waals surface area contributed by atoms with Gasteiger partial charge in [-0.15, -0.1) is 0 Å². The first-order valence-electron chi connectivity index (χ1n) is 8.50. The van der Waals surface area contributed by atoms with Gasteiger partial charge in [-0.1, -0.05) is 12.8 Å². The van der Waals surface area contributed by atoms with E-state index in [9.17, 15) is 10.1 Å². The number of amides is 1. The zero-order valence-electron chi connectivity index (χ0n) is 14.3. The predicted octanol–water partition coefficient (Wildman–Crippen LogP) is 3.45. The summed E-state index contributed by atoms with van der Waals surface area (Å²) >= 11 is 0. The molecule has 1 aromatic carbocycles. The van der Waals surface area contributed by atoms with Crippen molar-refractivity contribution in [3.63, 3.8) is 0 Å². The van der Waals surface area contributed by atoms with Gasteiger partial charge in [-0.05, 0) is 44.9 Å². The molecule has 24 heavy (non-hydrogen) atoms. The molecule has 0 atom stereocenters. The lowest BCUT2D eigenvalue weighted by molar-refractivity contribution is -0.117. The van der Waals surface area contributed by atoms with E-state index >= 15 is 0 Å². The van der Waals surface area contributed by atoms with Crippen LogP contribution in [-0.2, 0) is 4.79 Å². The van der Waals surface area contributed by atoms with Gasteiger partial charge in [0.15, 0.2) is 0 Å². The molecule has 128 valence electrons. The fraction of sp³-hybridized carbons (Fsp3) is 0.474. The molecule has 0 heterocycles. The van der Waals surface area contributed by atoms with Gasteiger partial charge in [0.2, 0.25) is 0 Å². The van der Waals surface area contributed by atoms with Gasteiger partial charge in [-0.2, -0.15) is 5.26 Å². The number of nitrogens with one attached hydrogen (secondary N) is 1. The molecule has 0 bridgehead atoms. The maximum absolute atomic E-state index is 12.3. The van der Waals surface area contributed by atoms with Crippen LogP contribution in [0.15, 0.2) is 23.8 Å². The highest BCUT2D eigenvalue weighted by Gasteiger charge is 2.19. The van der Waals surface area contributed by atoms with Crippen LogP contribution in [0.3, 0.4) is 0 Å². The monoisotopic (exact) mass is 328 g/mol. The quantitative estimate of drug-likeness (QED) is 0.615. The number of nitrogens with zero attached hydrogens (tertiary/aromatic N) is 1. The largest absolute Gasteiger partial charge is 0.494 e. The fourth-order valence-electron chi connectivity index (χ4n) is 2.81. The minimum Gasteiger partial charge on any atom is -0.494 e. The molecule has 0 saturated heterocycles. The van der Waals surface area contributed by atoms with E-state index in [1.807, 2.05) is 26.0 Å². The minimum absolute atomic E-state index is 0.0898. The summed E-state index contributed by atoms with van der Waals surface area (Å²) in [6.07, 6.45) is 5.80. The SMILES string of the molecule is CCOc1ccc(/C=C(/C#N)C(=O)NC2CCCC2)c(OCC)c1. The highest BCUT2D eigenvalue weighted by molar-refractivity contribution is 6.02. The third kappa shape index (κ3) is 4.76. The van der Waals surface area contributed by atoms with Crippen LogP contribution >= 0.6 is 0 Å². The summed E-state index contributed by atoms with van der Waals surface area (Å²) in [5.74, 6) is 0.984. The van der Waals surface area contributed by atoms with E-state index in [0.717, 1.165) is 25.7 Å². The Hall–Kier alpha value is -2.48. The highest BCUT2D eigenvalue weighted by atomic mass is 16.5. The van der Waals surface area contributed by atoms with Gasteiger partial charge in [0.05, 0.1) is 13.2 Å². The lowest BCUT2D eigenvalue weighted by Crippen LogP contribution is -2.33. The Kier molecular flexibility index (Phi) is 6.68. The smallest absolute Gasteiger partial charge is 0.262 e. The van der Waals surface area contributed by atoms with Crippen molar-refractivity contribution in [2.75, 3.05) is 13.2 Å². The summed E-state index contributed by atoms with van der Waals surface area (Å²) in [6.45, 7) is 4.86. The predicted molar refractivity (Wildman–Crippen MR) is 92.8 cm³/mol. The normalized spacial score (nSPS) is 15.0. The number of benzene rings is 1. The summed E-state index contributed by atoms with van der Waals surface area (Å²) in [5.41, 5.74) is 0.783. The summed E-state index contributed by atoms with van der Waals surface area (Å²) in [6, 6.07) is 7.57. The summed E-state index contributed by atoms with van der Waals surface area (Å²) in [7, 11) is 0. The molecule has 0 spiro atoms. The lowest BCUT2D eigenvalue weighted by atomic mass is 10.1. The number of nitriles is 1. The summed E-state index contributed by atoms with van der Waals surface area (Å²) < 4.78 is 11.1. The van der Waals surface area contributed by atoms with Crippen molar-refractivity contribution in [2.24, 2.45) is 0 Å². The Bertz CT molecular complexity index is 641. The van der Waals surface area contributed by atoms with Crippen molar-refractivity contribution in [2.45, 2.75) is 45.6 Å². The van der Waals surface area contributed by atoms with Crippen LogP contribution in [0.25, 0.3) is 6.08 Å². The molecule has 5 nitrogen and oxygen atoms in total. The molecule has 1 aliphatic carbocycles. The van der Waals surface area contributed by atoms with Gasteiger partial charge < -0.3 is 14.8 Å². The fourth-order valence-corrected chi connectivity index (χ4v) is 2.81. The third-order valence-corrected chi connectivity index (χ3v) is 3.95. The van der Waals surface area contributed by atoms with E-state index in [-0.39, 0.29) is 17.5 Å². The Labute approximate surface area is 143 Å². The standard InChI is InChI=1S/C19H24N2O3/c1-3-23-17-10-9-14(18(12-17)24-4-2)11-15(13-20)19(22)21-16-7-5-6-8-16/h9-12,16H,3-8H2,1-2H3,(H,21,22)/b15-11-. The lowest BCUT2D eigenvalue weighted by Gasteiger charge is -2.12. The highest BCUT2D eigenvalue weighted by Crippen LogP contribution is 2.27. The average molecular weight is 328 g/mol. The van der Waals surface area contributed by atoms with E-state index in [1.165, 1.54) is 0 Å². The third-order valence-electron chi connectivity index (χ3n) is 3.95. The molecule has 1 saturated carbocycles. The van der Waals surface area contributed by atoms with Crippen molar-refractivity contribution in [1.29, 1.82) is 5.26 Å². The molecule has 1 N–H and O–H groups in total. The second-order valence-corrected chi connectivity index (χ2v) is 5.69. The van der Waals surface area contributed by atoms with Crippen molar-refractivity contribution < 1.29 is 14.3 Å². The Balaban J connectivity index is 2.21. The number of hydrogen-bond acceptors (Lipinski definition) is 4. The first kappa shape index (κ1) is 17.9. The maximum Gasteiger partial charge on any atom is 0.262 e. The molecule has 1 amide bonds. The van der Waals surface area contributed by atoms with Crippen LogP contribution in [0, 0.1) is 11.3 Å². The van der Waals surface area contributed by atoms with Crippen LogP contribution in [0.1, 0.15) is 45.1 Å². The molecule has 0 aromatic heterocycles. The van der Waals surface area contributed by atoms with Crippen molar-refractivity contribution in [3.8, 4) is 17.6 Å². The van der Waals surface area contributed by atoms with Gasteiger partial charge in [-0.3, -0.25) is 4.79 Å². The minimum atomic E-state index is -0.319. The zero-order valence-corrected chi connectivity index (χ0v) is 14.3. The number of rotatable bonds is 7. The zero-order chi connectivity index (χ0) is 17.4. The molecule has 1 aliphatic rings. The van der Waals surface area contributed by atoms with Crippen LogP contribution < -0.4 is 14.8 Å². The van der Waals surface area contributed by atoms with Crippen molar-refractivity contribution in [3.05, 3.63) is 29.3 Å². The number of hydrogen-bond donors (Lipinski definition) is 1. The van der Waals surface area contributed by atoms with Gasteiger partial charge in [0.25, 0.3) is 5.91 Å². The Morgan fingerprint density at radius 2 is 2.00 bits per heavy atom. The van der Waals surface area contributed by atoms with Gasteiger partial charge in [-0.25, -0.2) is 0 Å². The van der Waals surface area contributed by atoms with Crippen LogP contribution in [0.5, 0.6) is 11.5 Å². The van der Waals surface area contributed by atoms with Gasteiger partial charge in [0.1, 0.15) is 23.1 Å². The molecular formula is C19H24N2O3. The topological polar surface area (TPSA) is 71.3 Å². The van der Waals surface area contributed by atoms with Crippen molar-refractivity contribution in [1.82, 2.24) is 5.32 Å². The van der Waals surface area contributed by atoms with Gasteiger partial charge in [0, 0.05) is 17.7 Å². The summed E-state index contributed by atoms with van der Waals surface area (Å²) in [5, 5.41) is 12.3. The average Bonchev–Trinajstić information content (AvgIpc) is 3.07. The Morgan fingerprint density at radius 3 is 2.62 bits per heavy atom. The van der Waals surface area contributed by atoms with E-state index in [4.69, 9.17) is 9.47 Å². The summed E-state index contributed by atoms with van der Waals surface area (Å²) in [4.78, 5) is 12.3. The second-order valence-electron chi connectivity index (χ2n) is 5.69. The van der Waals surface area contributed by atoms with Gasteiger partial charge >= 0.3 is 0 Å². The number of ether oxygens (including phenoxy) is 2. The second kappa shape index (κ2) is 8.97. The Morgan fingerprint density at radius 1 is 1.29 bits per heavy atom. The van der Waals surface area contributed by atoms with E-state index in [2.05, 4.69) is 5.32 Å². The first-order chi connectivity index (χ1) is 11.7. The van der Waals surface area contributed by atoms with Crippen LogP contribution in [0.4, 0.5) is 0 Å². The number of carbonyl (C=O) groups excluding carboxylic acids is 1. The molecule has 5 heteroatoms. The van der Waals surface area contributed by atoms with Crippen LogP contribution in [-0.4, -0.2) is 25.2 Å². The molecule has 1 fully saturated rings. The molecule has 0 radical (unpaired) electrons. The number of carbonyl (C=O) groups is 1. The maximum atomic E-state index is 12.3. The van der Waals surface area contributed by atoms with E-state index in [0.29, 0.717) is 30.3 Å².